The minimum atomic E-state index is -1.37. The summed E-state index contributed by atoms with van der Waals surface area (Å²) in [5.41, 5.74) is -0.782. The van der Waals surface area contributed by atoms with Crippen LogP contribution in [0.25, 0.3) is 0 Å². The van der Waals surface area contributed by atoms with Crippen molar-refractivity contribution in [3.05, 3.63) is 23.3 Å². The Labute approximate surface area is 184 Å². The lowest BCUT2D eigenvalue weighted by atomic mass is 10.0. The van der Waals surface area contributed by atoms with E-state index in [1.54, 1.807) is 25.7 Å². The number of hydrogen-bond acceptors (Lipinski definition) is 6. The molecule has 0 bridgehead atoms. The molecule has 1 aliphatic rings. The Morgan fingerprint density at radius 1 is 0.903 bits per heavy atom. The van der Waals surface area contributed by atoms with Crippen LogP contribution in [0.3, 0.4) is 0 Å². The van der Waals surface area contributed by atoms with E-state index < -0.39 is 23.6 Å². The first-order chi connectivity index (χ1) is 14.5. The van der Waals surface area contributed by atoms with Crippen molar-refractivity contribution in [1.82, 2.24) is 4.90 Å². The van der Waals surface area contributed by atoms with E-state index >= 15 is 0 Å². The second-order valence-electron chi connectivity index (χ2n) is 7.14. The van der Waals surface area contributed by atoms with Gasteiger partial charge in [0.05, 0.1) is 12.7 Å². The number of ether oxygens (including phenoxy) is 2. The van der Waals surface area contributed by atoms with Gasteiger partial charge in [0, 0.05) is 37.9 Å². The third-order valence-corrected chi connectivity index (χ3v) is 4.05. The van der Waals surface area contributed by atoms with E-state index in [4.69, 9.17) is 9.47 Å². The lowest BCUT2D eigenvalue weighted by molar-refractivity contribution is 0.0240. The number of nitrogens with zero attached hydrogens (tertiary/aromatic N) is 2. The van der Waals surface area contributed by atoms with Crippen molar-refractivity contribution in [3.63, 3.8) is 0 Å². The predicted molar refractivity (Wildman–Crippen MR) is 120 cm³/mol. The number of methoxy groups -OCH3 is 1. The van der Waals surface area contributed by atoms with Crippen molar-refractivity contribution < 1.29 is 34.1 Å². The van der Waals surface area contributed by atoms with E-state index in [-0.39, 0.29) is 16.9 Å². The van der Waals surface area contributed by atoms with Crippen LogP contribution >= 0.6 is 0 Å². The average molecular weight is 441 g/mol. The summed E-state index contributed by atoms with van der Waals surface area (Å²) in [5.74, 6) is -2.74. The largest absolute Gasteiger partial charge is 0.496 e. The number of piperazine rings is 1. The van der Waals surface area contributed by atoms with Crippen molar-refractivity contribution in [2.75, 3.05) is 38.2 Å². The summed E-state index contributed by atoms with van der Waals surface area (Å²) in [6, 6.07) is 2.82. The Bertz CT molecular complexity index is 749. The van der Waals surface area contributed by atoms with Crippen molar-refractivity contribution in [2.24, 2.45) is 0 Å². The summed E-state index contributed by atoms with van der Waals surface area (Å²) in [6.07, 6.45) is -0.396. The number of hydrogen-bond donors (Lipinski definition) is 2. The van der Waals surface area contributed by atoms with Crippen LogP contribution in [0.15, 0.2) is 12.1 Å². The summed E-state index contributed by atoms with van der Waals surface area (Å²) >= 11 is 0. The molecule has 1 amide bonds. The highest BCUT2D eigenvalue weighted by molar-refractivity contribution is 6.04. The summed E-state index contributed by atoms with van der Waals surface area (Å²) < 4.78 is 10.4. The Hall–Kier alpha value is -2.97. The summed E-state index contributed by atoms with van der Waals surface area (Å²) in [5, 5.41) is 18.7. The highest BCUT2D eigenvalue weighted by Gasteiger charge is 2.28. The average Bonchev–Trinajstić information content (AvgIpc) is 2.74. The maximum atomic E-state index is 12.1. The van der Waals surface area contributed by atoms with Crippen molar-refractivity contribution in [3.8, 4) is 5.75 Å². The van der Waals surface area contributed by atoms with Gasteiger partial charge in [-0.1, -0.05) is 27.7 Å². The van der Waals surface area contributed by atoms with Crippen molar-refractivity contribution in [2.45, 2.75) is 54.1 Å². The zero-order chi connectivity index (χ0) is 24.4. The van der Waals surface area contributed by atoms with Gasteiger partial charge in [-0.15, -0.1) is 0 Å². The number of aromatic carboxylic acids is 2. The van der Waals surface area contributed by atoms with Crippen molar-refractivity contribution >= 4 is 23.7 Å². The molecule has 31 heavy (non-hydrogen) atoms. The second kappa shape index (κ2) is 12.7. The van der Waals surface area contributed by atoms with Crippen LogP contribution in [0, 0.1) is 0 Å². The maximum absolute atomic E-state index is 12.1. The Balaban J connectivity index is 0.00000212. The fourth-order valence-electron chi connectivity index (χ4n) is 2.81. The van der Waals surface area contributed by atoms with Gasteiger partial charge in [0.15, 0.2) is 0 Å². The van der Waals surface area contributed by atoms with Gasteiger partial charge < -0.3 is 29.5 Å². The summed E-state index contributed by atoms with van der Waals surface area (Å²) in [4.78, 5) is 38.5. The molecular weight excluding hydrogens is 404 g/mol. The van der Waals surface area contributed by atoms with Gasteiger partial charge in [0.25, 0.3) is 0 Å². The monoisotopic (exact) mass is 440 g/mol. The third kappa shape index (κ3) is 7.99. The number of carbonyl (C=O) groups excluding carboxylic acids is 1. The number of rotatable bonds is 4. The van der Waals surface area contributed by atoms with Crippen molar-refractivity contribution in [1.29, 1.82) is 0 Å². The normalized spacial score (nSPS) is 13.2. The van der Waals surface area contributed by atoms with E-state index in [2.05, 4.69) is 0 Å². The van der Waals surface area contributed by atoms with Crippen LogP contribution in [0.1, 0.15) is 69.2 Å². The van der Waals surface area contributed by atoms with E-state index in [1.807, 2.05) is 32.6 Å². The molecule has 9 nitrogen and oxygen atoms in total. The second-order valence-corrected chi connectivity index (χ2v) is 7.14. The molecule has 1 aliphatic heterocycles. The van der Waals surface area contributed by atoms with Crippen LogP contribution in [0.5, 0.6) is 5.75 Å². The van der Waals surface area contributed by atoms with Crippen LogP contribution in [0.4, 0.5) is 10.5 Å². The summed E-state index contributed by atoms with van der Waals surface area (Å²) in [6.45, 7) is 15.1. The molecule has 0 unspecified atom stereocenters. The highest BCUT2D eigenvalue weighted by Crippen LogP contribution is 2.30. The quantitative estimate of drug-likeness (QED) is 0.715. The number of carboxylic acid groups (broad SMARTS) is 2. The lowest BCUT2D eigenvalue weighted by Gasteiger charge is -2.37. The maximum Gasteiger partial charge on any atom is 0.410 e. The first-order valence-electron chi connectivity index (χ1n) is 10.4. The van der Waals surface area contributed by atoms with E-state index in [9.17, 15) is 24.6 Å². The minimum absolute atomic E-state index is 0.0213. The molecule has 0 radical (unpaired) electrons. The topological polar surface area (TPSA) is 117 Å². The molecule has 2 N–H and O–H groups in total. The molecule has 1 saturated heterocycles. The molecule has 2 rings (SSSR count). The zero-order valence-electron chi connectivity index (χ0n) is 19.8. The van der Waals surface area contributed by atoms with Gasteiger partial charge >= 0.3 is 18.0 Å². The molecule has 9 heteroatoms. The van der Waals surface area contributed by atoms with E-state index in [0.717, 1.165) is 0 Å². The molecule has 0 aliphatic carbocycles. The van der Waals surface area contributed by atoms with Gasteiger partial charge in [0.2, 0.25) is 0 Å². The van der Waals surface area contributed by atoms with E-state index in [0.29, 0.717) is 31.9 Å². The molecule has 0 spiro atoms. The SMILES string of the molecule is CC.CC.COc1cc(N2CCN(C(=O)OC(C)(C)C)CC2)cc(C(=O)O)c1C(=O)O. The number of amides is 1. The molecule has 1 aromatic carbocycles. The molecule has 0 atom stereocenters. The van der Waals surface area contributed by atoms with Gasteiger partial charge in [-0.05, 0) is 26.8 Å². The molecule has 1 heterocycles. The molecule has 1 aromatic rings. The number of benzene rings is 1. The highest BCUT2D eigenvalue weighted by atomic mass is 16.6. The van der Waals surface area contributed by atoms with Crippen LogP contribution in [0.2, 0.25) is 0 Å². The molecule has 176 valence electrons. The molecular formula is C22H36N2O7. The Kier molecular flexibility index (Phi) is 11.4. The molecule has 0 saturated carbocycles. The molecule has 1 fully saturated rings. The predicted octanol–water partition coefficient (Wildman–Crippen LogP) is 4.20. The Morgan fingerprint density at radius 2 is 1.42 bits per heavy atom. The third-order valence-electron chi connectivity index (χ3n) is 4.05. The number of carbonyl (C=O) groups is 3. The molecule has 0 aromatic heterocycles. The number of carboxylic acids is 2. The van der Waals surface area contributed by atoms with Crippen LogP contribution < -0.4 is 9.64 Å². The van der Waals surface area contributed by atoms with Crippen LogP contribution in [-0.2, 0) is 4.74 Å². The van der Waals surface area contributed by atoms with Gasteiger partial charge in [0.1, 0.15) is 16.9 Å². The standard InChI is InChI=1S/C18H24N2O7.2C2H6/c1-18(2,3)27-17(25)20-7-5-19(6-8-20)11-9-12(15(21)22)14(16(23)24)13(10-11)26-4;2*1-2/h9-10H,5-8H2,1-4H3,(H,21,22)(H,23,24);2*1-2H3. The zero-order valence-corrected chi connectivity index (χ0v) is 19.8. The fourth-order valence-corrected chi connectivity index (χ4v) is 2.81. The number of anilines is 1. The van der Waals surface area contributed by atoms with Gasteiger partial charge in [-0.3, -0.25) is 0 Å². The van der Waals surface area contributed by atoms with Gasteiger partial charge in [-0.2, -0.15) is 0 Å². The minimum Gasteiger partial charge on any atom is -0.496 e. The first kappa shape index (κ1) is 28.0. The van der Waals surface area contributed by atoms with Crippen LogP contribution in [-0.4, -0.2) is 72.0 Å². The fraction of sp³-hybridized carbons (Fsp3) is 0.591. The smallest absolute Gasteiger partial charge is 0.410 e. The van der Waals surface area contributed by atoms with Gasteiger partial charge in [-0.25, -0.2) is 14.4 Å². The summed E-state index contributed by atoms with van der Waals surface area (Å²) in [7, 11) is 1.29. The lowest BCUT2D eigenvalue weighted by Crippen LogP contribution is -2.50. The Morgan fingerprint density at radius 3 is 1.81 bits per heavy atom. The first-order valence-corrected chi connectivity index (χ1v) is 10.4. The van der Waals surface area contributed by atoms with E-state index in [1.165, 1.54) is 19.2 Å².